The molecule has 0 spiro atoms. The number of anilines is 1. The quantitative estimate of drug-likeness (QED) is 0.768. The standard InChI is InChI=1S/C15H14ClFN6O/c1-10(23-8-12(16)6-19-23)14(24)20-15-18-9-22(21-15)7-11-2-4-13(17)5-3-11/h2-6,8-10H,7H2,1H3,(H,20,21,24). The molecule has 0 aliphatic rings. The monoisotopic (exact) mass is 348 g/mol. The van der Waals surface area contributed by atoms with Crippen LogP contribution in [-0.4, -0.2) is 30.5 Å². The van der Waals surface area contributed by atoms with E-state index in [1.165, 1.54) is 29.3 Å². The topological polar surface area (TPSA) is 77.6 Å². The first-order chi connectivity index (χ1) is 11.5. The van der Waals surface area contributed by atoms with Crippen LogP contribution in [0.1, 0.15) is 18.5 Å². The number of hydrogen-bond acceptors (Lipinski definition) is 4. The molecule has 2 aromatic heterocycles. The highest BCUT2D eigenvalue weighted by molar-refractivity contribution is 6.30. The van der Waals surface area contributed by atoms with Gasteiger partial charge in [0.15, 0.2) is 0 Å². The van der Waals surface area contributed by atoms with Gasteiger partial charge >= 0.3 is 0 Å². The second-order valence-corrected chi connectivity index (χ2v) is 5.63. The van der Waals surface area contributed by atoms with Gasteiger partial charge in [0.25, 0.3) is 5.91 Å². The second-order valence-electron chi connectivity index (χ2n) is 5.20. The molecule has 1 aromatic carbocycles. The fourth-order valence-corrected chi connectivity index (χ4v) is 2.21. The van der Waals surface area contributed by atoms with Crippen molar-refractivity contribution in [1.29, 1.82) is 0 Å². The second kappa shape index (κ2) is 6.79. The molecule has 1 amide bonds. The van der Waals surface area contributed by atoms with E-state index in [1.807, 2.05) is 0 Å². The van der Waals surface area contributed by atoms with E-state index in [4.69, 9.17) is 11.6 Å². The van der Waals surface area contributed by atoms with E-state index in [2.05, 4.69) is 20.5 Å². The Kier molecular flexibility index (Phi) is 4.57. The molecule has 0 fully saturated rings. The van der Waals surface area contributed by atoms with E-state index in [-0.39, 0.29) is 17.7 Å². The lowest BCUT2D eigenvalue weighted by Crippen LogP contribution is -2.24. The number of carbonyl (C=O) groups is 1. The van der Waals surface area contributed by atoms with Crippen molar-refractivity contribution in [2.45, 2.75) is 19.5 Å². The van der Waals surface area contributed by atoms with E-state index in [1.54, 1.807) is 29.9 Å². The normalized spacial score (nSPS) is 12.1. The molecule has 0 saturated heterocycles. The van der Waals surface area contributed by atoms with Crippen molar-refractivity contribution < 1.29 is 9.18 Å². The van der Waals surface area contributed by atoms with Gasteiger partial charge in [0, 0.05) is 6.20 Å². The SMILES string of the molecule is CC(C(=O)Nc1ncn(Cc2ccc(F)cc2)n1)n1cc(Cl)cn1. The summed E-state index contributed by atoms with van der Waals surface area (Å²) >= 11 is 5.79. The molecule has 0 aliphatic carbocycles. The summed E-state index contributed by atoms with van der Waals surface area (Å²) in [5, 5.41) is 11.2. The lowest BCUT2D eigenvalue weighted by molar-refractivity contribution is -0.119. The maximum atomic E-state index is 12.9. The molecule has 24 heavy (non-hydrogen) atoms. The van der Waals surface area contributed by atoms with Crippen LogP contribution in [0.5, 0.6) is 0 Å². The summed E-state index contributed by atoms with van der Waals surface area (Å²) in [7, 11) is 0. The number of nitrogens with zero attached hydrogens (tertiary/aromatic N) is 5. The molecule has 1 atom stereocenters. The van der Waals surface area contributed by atoms with E-state index >= 15 is 0 Å². The van der Waals surface area contributed by atoms with E-state index < -0.39 is 6.04 Å². The Balaban J connectivity index is 1.63. The maximum Gasteiger partial charge on any atom is 0.251 e. The van der Waals surface area contributed by atoms with Crippen molar-refractivity contribution in [1.82, 2.24) is 24.5 Å². The third-order valence-corrected chi connectivity index (χ3v) is 3.57. The van der Waals surface area contributed by atoms with Crippen LogP contribution in [0.4, 0.5) is 10.3 Å². The molecule has 124 valence electrons. The van der Waals surface area contributed by atoms with Gasteiger partial charge in [0.2, 0.25) is 5.95 Å². The molecule has 0 saturated carbocycles. The molecule has 1 unspecified atom stereocenters. The number of halogens is 2. The van der Waals surface area contributed by atoms with Gasteiger partial charge in [-0.3, -0.25) is 14.8 Å². The average molecular weight is 349 g/mol. The first-order valence-electron chi connectivity index (χ1n) is 7.15. The summed E-state index contributed by atoms with van der Waals surface area (Å²) in [4.78, 5) is 16.2. The van der Waals surface area contributed by atoms with Crippen LogP contribution in [-0.2, 0) is 11.3 Å². The zero-order valence-corrected chi connectivity index (χ0v) is 13.5. The van der Waals surface area contributed by atoms with Gasteiger partial charge in [-0.05, 0) is 24.6 Å². The van der Waals surface area contributed by atoms with Gasteiger partial charge in [0.1, 0.15) is 18.2 Å². The van der Waals surface area contributed by atoms with E-state index in [9.17, 15) is 9.18 Å². The fraction of sp³-hybridized carbons (Fsp3) is 0.200. The molecule has 3 aromatic rings. The Morgan fingerprint density at radius 3 is 2.79 bits per heavy atom. The van der Waals surface area contributed by atoms with E-state index in [0.29, 0.717) is 11.6 Å². The molecular weight excluding hydrogens is 335 g/mol. The first kappa shape index (κ1) is 16.1. The predicted octanol–water partition coefficient (Wildman–Crippen LogP) is 2.52. The fourth-order valence-electron chi connectivity index (χ4n) is 2.07. The van der Waals surface area contributed by atoms with Crippen LogP contribution in [0.25, 0.3) is 0 Å². The summed E-state index contributed by atoms with van der Waals surface area (Å²) in [5.41, 5.74) is 0.874. The molecule has 0 bridgehead atoms. The zero-order valence-electron chi connectivity index (χ0n) is 12.7. The van der Waals surface area contributed by atoms with Crippen LogP contribution >= 0.6 is 11.6 Å². The summed E-state index contributed by atoms with van der Waals surface area (Å²) < 4.78 is 15.9. The number of benzene rings is 1. The molecule has 9 heteroatoms. The Labute approximate surface area is 142 Å². The minimum atomic E-state index is -0.554. The van der Waals surface area contributed by atoms with Crippen molar-refractivity contribution in [3.05, 3.63) is 59.4 Å². The van der Waals surface area contributed by atoms with Gasteiger partial charge in [-0.2, -0.15) is 5.10 Å². The Bertz CT molecular complexity index is 844. The number of nitrogens with one attached hydrogen (secondary N) is 1. The zero-order chi connectivity index (χ0) is 17.1. The molecule has 0 aliphatic heterocycles. The number of amides is 1. The lowest BCUT2D eigenvalue weighted by atomic mass is 10.2. The van der Waals surface area contributed by atoms with Crippen LogP contribution in [0.3, 0.4) is 0 Å². The van der Waals surface area contributed by atoms with Crippen molar-refractivity contribution in [3.8, 4) is 0 Å². The summed E-state index contributed by atoms with van der Waals surface area (Å²) in [6.45, 7) is 2.11. The molecule has 7 nitrogen and oxygen atoms in total. The highest BCUT2D eigenvalue weighted by atomic mass is 35.5. The van der Waals surface area contributed by atoms with Gasteiger partial charge in [-0.25, -0.2) is 14.1 Å². The van der Waals surface area contributed by atoms with Gasteiger partial charge < -0.3 is 0 Å². The van der Waals surface area contributed by atoms with Gasteiger partial charge in [0.05, 0.1) is 17.8 Å². The largest absolute Gasteiger partial charge is 0.291 e. The molecule has 3 rings (SSSR count). The number of hydrogen-bond donors (Lipinski definition) is 1. The van der Waals surface area contributed by atoms with Crippen LogP contribution in [0.2, 0.25) is 5.02 Å². The highest BCUT2D eigenvalue weighted by Gasteiger charge is 2.17. The third kappa shape index (κ3) is 3.77. The van der Waals surface area contributed by atoms with Crippen LogP contribution in [0, 0.1) is 5.82 Å². The highest BCUT2D eigenvalue weighted by Crippen LogP contribution is 2.12. The molecule has 0 radical (unpaired) electrons. The third-order valence-electron chi connectivity index (χ3n) is 3.38. The van der Waals surface area contributed by atoms with Crippen LogP contribution < -0.4 is 5.32 Å². The number of carbonyl (C=O) groups excluding carboxylic acids is 1. The average Bonchev–Trinajstić information content (AvgIpc) is 3.18. The minimum absolute atomic E-state index is 0.187. The minimum Gasteiger partial charge on any atom is -0.291 e. The summed E-state index contributed by atoms with van der Waals surface area (Å²) in [6, 6.07) is 5.54. The lowest BCUT2D eigenvalue weighted by Gasteiger charge is -2.10. The molecular formula is C15H14ClFN6O. The summed E-state index contributed by atoms with van der Waals surface area (Å²) in [5.74, 6) is -0.417. The number of aromatic nitrogens is 5. The number of rotatable bonds is 5. The Morgan fingerprint density at radius 2 is 2.12 bits per heavy atom. The van der Waals surface area contributed by atoms with Crippen molar-refractivity contribution in [2.75, 3.05) is 5.32 Å². The van der Waals surface area contributed by atoms with Crippen molar-refractivity contribution >= 4 is 23.5 Å². The predicted molar refractivity (Wildman–Crippen MR) is 86.1 cm³/mol. The van der Waals surface area contributed by atoms with Crippen molar-refractivity contribution in [2.24, 2.45) is 0 Å². The van der Waals surface area contributed by atoms with Crippen LogP contribution in [0.15, 0.2) is 43.0 Å². The Hall–Kier alpha value is -2.74. The van der Waals surface area contributed by atoms with E-state index in [0.717, 1.165) is 5.56 Å². The van der Waals surface area contributed by atoms with Crippen molar-refractivity contribution in [3.63, 3.8) is 0 Å². The van der Waals surface area contributed by atoms with Gasteiger partial charge in [-0.15, -0.1) is 5.10 Å². The maximum absolute atomic E-state index is 12.9. The molecule has 2 heterocycles. The smallest absolute Gasteiger partial charge is 0.251 e. The first-order valence-corrected chi connectivity index (χ1v) is 7.53. The Morgan fingerprint density at radius 1 is 1.38 bits per heavy atom. The summed E-state index contributed by atoms with van der Waals surface area (Å²) in [6.07, 6.45) is 4.52. The van der Waals surface area contributed by atoms with Gasteiger partial charge in [-0.1, -0.05) is 23.7 Å². The molecule has 1 N–H and O–H groups in total.